The number of hydrogen-bond donors (Lipinski definition) is 1. The monoisotopic (exact) mass is 396 g/mol. The molecule has 2 heterocycles. The van der Waals surface area contributed by atoms with Crippen LogP contribution in [0.3, 0.4) is 0 Å². The van der Waals surface area contributed by atoms with Crippen molar-refractivity contribution >= 4 is 0 Å². The van der Waals surface area contributed by atoms with Crippen molar-refractivity contribution < 1.29 is 14.2 Å². The topological polar surface area (TPSA) is 52.6 Å². The van der Waals surface area contributed by atoms with Crippen LogP contribution in [0.1, 0.15) is 42.7 Å². The molecule has 1 saturated carbocycles. The van der Waals surface area contributed by atoms with E-state index >= 15 is 0 Å². The van der Waals surface area contributed by atoms with Crippen molar-refractivity contribution in [3.8, 4) is 11.5 Å². The smallest absolute Gasteiger partial charge is 0.137 e. The van der Waals surface area contributed by atoms with Crippen LogP contribution < -0.4 is 14.8 Å². The van der Waals surface area contributed by atoms with Gasteiger partial charge in [0, 0.05) is 31.9 Å². The largest absolute Gasteiger partial charge is 0.494 e. The average molecular weight is 397 g/mol. The standard InChI is InChI=1S/C24H32N2O3/c1-18-3-5-22(6-4-18)28-11-2-10-27-12-8-19-14-24(19)20-13-23(16-25-15-20)29-17-21-7-9-26-21/h3-6,13,15-16,19,21,24,26H,2,7-12,14,17H2,1H3/t19-,21-,24-/m0/s1. The third-order valence-corrected chi connectivity index (χ3v) is 5.82. The lowest BCUT2D eigenvalue weighted by atomic mass is 10.1. The van der Waals surface area contributed by atoms with E-state index in [1.165, 1.54) is 24.0 Å². The molecule has 2 fully saturated rings. The summed E-state index contributed by atoms with van der Waals surface area (Å²) in [6.07, 6.45) is 8.27. The minimum atomic E-state index is 0.506. The minimum Gasteiger partial charge on any atom is -0.494 e. The Hall–Kier alpha value is -2.11. The predicted molar refractivity (Wildman–Crippen MR) is 114 cm³/mol. The van der Waals surface area contributed by atoms with E-state index in [2.05, 4.69) is 35.4 Å². The Morgan fingerprint density at radius 3 is 2.69 bits per heavy atom. The molecule has 1 aromatic heterocycles. The van der Waals surface area contributed by atoms with Crippen LogP contribution in [0.15, 0.2) is 42.7 Å². The molecule has 0 bridgehead atoms. The molecule has 1 aliphatic heterocycles. The van der Waals surface area contributed by atoms with Gasteiger partial charge in [-0.1, -0.05) is 17.7 Å². The maximum atomic E-state index is 5.88. The fourth-order valence-corrected chi connectivity index (χ4v) is 3.70. The van der Waals surface area contributed by atoms with Crippen molar-refractivity contribution in [2.75, 3.05) is 33.0 Å². The van der Waals surface area contributed by atoms with Gasteiger partial charge in [0.05, 0.1) is 12.8 Å². The molecular formula is C24H32N2O3. The fourth-order valence-electron chi connectivity index (χ4n) is 3.70. The van der Waals surface area contributed by atoms with Gasteiger partial charge in [0.15, 0.2) is 0 Å². The Morgan fingerprint density at radius 2 is 1.90 bits per heavy atom. The van der Waals surface area contributed by atoms with Crippen LogP contribution in [0.2, 0.25) is 0 Å². The molecule has 2 aliphatic rings. The Bertz CT molecular complexity index is 761. The highest BCUT2D eigenvalue weighted by Gasteiger charge is 2.38. The van der Waals surface area contributed by atoms with Gasteiger partial charge in [0.2, 0.25) is 0 Å². The molecule has 1 aliphatic carbocycles. The van der Waals surface area contributed by atoms with E-state index in [0.717, 1.165) is 50.7 Å². The van der Waals surface area contributed by atoms with Gasteiger partial charge in [0.1, 0.15) is 18.1 Å². The van der Waals surface area contributed by atoms with Crippen molar-refractivity contribution in [1.29, 1.82) is 0 Å². The molecule has 1 saturated heterocycles. The first-order valence-corrected chi connectivity index (χ1v) is 10.9. The number of pyridine rings is 1. The normalized spacial score (nSPS) is 22.7. The SMILES string of the molecule is Cc1ccc(OCCCOCC[C@H]2C[C@@H]2c2cncc(OC[C@@H]3CCN3)c2)cc1. The predicted octanol–water partition coefficient (Wildman–Crippen LogP) is 4.11. The van der Waals surface area contributed by atoms with Crippen LogP contribution in [0.25, 0.3) is 0 Å². The first-order chi connectivity index (χ1) is 14.3. The van der Waals surface area contributed by atoms with Crippen LogP contribution in [-0.4, -0.2) is 44.0 Å². The number of rotatable bonds is 12. The highest BCUT2D eigenvalue weighted by molar-refractivity contribution is 5.30. The van der Waals surface area contributed by atoms with Crippen LogP contribution in [0, 0.1) is 12.8 Å². The first-order valence-electron chi connectivity index (χ1n) is 10.9. The summed E-state index contributed by atoms with van der Waals surface area (Å²) >= 11 is 0. The number of nitrogens with zero attached hydrogens (tertiary/aromatic N) is 1. The molecule has 5 heteroatoms. The van der Waals surface area contributed by atoms with Gasteiger partial charge in [-0.3, -0.25) is 4.98 Å². The van der Waals surface area contributed by atoms with Gasteiger partial charge in [-0.25, -0.2) is 0 Å². The number of ether oxygens (including phenoxy) is 3. The number of benzene rings is 1. The summed E-state index contributed by atoms with van der Waals surface area (Å²) in [4.78, 5) is 4.37. The van der Waals surface area contributed by atoms with Gasteiger partial charge in [-0.2, -0.15) is 0 Å². The summed E-state index contributed by atoms with van der Waals surface area (Å²) in [6, 6.07) is 10.8. The van der Waals surface area contributed by atoms with E-state index in [1.54, 1.807) is 0 Å². The van der Waals surface area contributed by atoms with E-state index in [1.807, 2.05) is 24.5 Å². The number of aromatic nitrogens is 1. The zero-order valence-electron chi connectivity index (χ0n) is 17.3. The molecular weight excluding hydrogens is 364 g/mol. The summed E-state index contributed by atoms with van der Waals surface area (Å²) in [6.45, 7) is 6.20. The maximum absolute atomic E-state index is 5.88. The summed E-state index contributed by atoms with van der Waals surface area (Å²) < 4.78 is 17.4. The summed E-state index contributed by atoms with van der Waals surface area (Å²) in [5, 5.41) is 3.36. The molecule has 3 atom stereocenters. The lowest BCUT2D eigenvalue weighted by Crippen LogP contribution is -2.46. The molecule has 0 amide bonds. The van der Waals surface area contributed by atoms with Crippen LogP contribution in [0.5, 0.6) is 11.5 Å². The number of nitrogens with one attached hydrogen (secondary N) is 1. The highest BCUT2D eigenvalue weighted by Crippen LogP contribution is 2.49. The molecule has 4 rings (SSSR count). The Morgan fingerprint density at radius 1 is 1.03 bits per heavy atom. The van der Waals surface area contributed by atoms with Crippen molar-refractivity contribution in [2.24, 2.45) is 5.92 Å². The van der Waals surface area contributed by atoms with Gasteiger partial charge < -0.3 is 19.5 Å². The molecule has 5 nitrogen and oxygen atoms in total. The lowest BCUT2D eigenvalue weighted by Gasteiger charge is -2.27. The second kappa shape index (κ2) is 10.1. The second-order valence-electron chi connectivity index (χ2n) is 8.22. The Balaban J connectivity index is 1.07. The third-order valence-electron chi connectivity index (χ3n) is 5.82. The van der Waals surface area contributed by atoms with E-state index in [4.69, 9.17) is 14.2 Å². The molecule has 0 spiro atoms. The first kappa shape index (κ1) is 20.2. The lowest BCUT2D eigenvalue weighted by molar-refractivity contribution is 0.114. The minimum absolute atomic E-state index is 0.506. The van der Waals surface area contributed by atoms with Gasteiger partial charge in [0.25, 0.3) is 0 Å². The van der Waals surface area contributed by atoms with Crippen LogP contribution in [-0.2, 0) is 4.74 Å². The van der Waals surface area contributed by atoms with E-state index in [9.17, 15) is 0 Å². The fraction of sp³-hybridized carbons (Fsp3) is 0.542. The Kier molecular flexibility index (Phi) is 7.01. The third kappa shape index (κ3) is 6.18. The van der Waals surface area contributed by atoms with Gasteiger partial charge >= 0.3 is 0 Å². The van der Waals surface area contributed by atoms with Crippen molar-refractivity contribution in [1.82, 2.24) is 10.3 Å². The average Bonchev–Trinajstić information content (AvgIpc) is 3.47. The molecule has 0 radical (unpaired) electrons. The molecule has 156 valence electrons. The maximum Gasteiger partial charge on any atom is 0.137 e. The van der Waals surface area contributed by atoms with Crippen molar-refractivity contribution in [3.05, 3.63) is 53.9 Å². The highest BCUT2D eigenvalue weighted by atomic mass is 16.5. The van der Waals surface area contributed by atoms with Crippen LogP contribution >= 0.6 is 0 Å². The van der Waals surface area contributed by atoms with E-state index in [-0.39, 0.29) is 0 Å². The molecule has 1 N–H and O–H groups in total. The van der Waals surface area contributed by atoms with Crippen molar-refractivity contribution in [3.63, 3.8) is 0 Å². The molecule has 29 heavy (non-hydrogen) atoms. The summed E-state index contributed by atoms with van der Waals surface area (Å²) in [5.74, 6) is 3.15. The van der Waals surface area contributed by atoms with Crippen molar-refractivity contribution in [2.45, 2.75) is 44.6 Å². The van der Waals surface area contributed by atoms with Crippen LogP contribution in [0.4, 0.5) is 0 Å². The summed E-state index contributed by atoms with van der Waals surface area (Å²) in [7, 11) is 0. The quantitative estimate of drug-likeness (QED) is 0.547. The van der Waals surface area contributed by atoms with Gasteiger partial charge in [-0.05, 0) is 68.3 Å². The molecule has 1 aromatic carbocycles. The molecule has 2 aromatic rings. The molecule has 0 unspecified atom stereocenters. The number of aryl methyl sites for hydroxylation is 1. The summed E-state index contributed by atoms with van der Waals surface area (Å²) in [5.41, 5.74) is 2.56. The van der Waals surface area contributed by atoms with E-state index < -0.39 is 0 Å². The zero-order chi connectivity index (χ0) is 19.9. The second-order valence-corrected chi connectivity index (χ2v) is 8.22. The van der Waals surface area contributed by atoms with E-state index in [0.29, 0.717) is 24.5 Å². The van der Waals surface area contributed by atoms with Gasteiger partial charge in [-0.15, -0.1) is 0 Å². The Labute approximate surface area is 173 Å². The number of hydrogen-bond acceptors (Lipinski definition) is 5. The zero-order valence-corrected chi connectivity index (χ0v) is 17.3.